The zero-order valence-electron chi connectivity index (χ0n) is 9.90. The Balaban J connectivity index is 2.01. The molecule has 1 aromatic rings. The van der Waals surface area contributed by atoms with E-state index < -0.39 is 0 Å². The molecule has 3 heteroatoms. The topological polar surface area (TPSA) is 30.5 Å². The van der Waals surface area contributed by atoms with E-state index in [9.17, 15) is 0 Å². The normalized spacial score (nSPS) is 25.1. The van der Waals surface area contributed by atoms with E-state index in [4.69, 9.17) is 9.47 Å². The first-order chi connectivity index (χ1) is 7.79. The molecule has 1 N–H and O–H groups in total. The van der Waals surface area contributed by atoms with Crippen LogP contribution in [0.4, 0.5) is 0 Å². The van der Waals surface area contributed by atoms with Gasteiger partial charge in [-0.25, -0.2) is 0 Å². The Labute approximate surface area is 96.8 Å². The molecule has 0 aromatic heterocycles. The fraction of sp³-hybridized carbons (Fsp3) is 0.538. The lowest BCUT2D eigenvalue weighted by Gasteiger charge is -2.30. The van der Waals surface area contributed by atoms with Crippen molar-refractivity contribution in [2.75, 3.05) is 20.2 Å². The summed E-state index contributed by atoms with van der Waals surface area (Å²) >= 11 is 0. The standard InChI is InChI=1S/C13H19NO2/c1-10-9-14-7-6-13(10)16-12-5-3-4-11(8-12)15-2/h3-5,8,10,13-14H,6-7,9H2,1-2H3. The Kier molecular flexibility index (Phi) is 3.67. The van der Waals surface area contributed by atoms with Crippen LogP contribution in [-0.4, -0.2) is 26.3 Å². The van der Waals surface area contributed by atoms with Gasteiger partial charge in [0.15, 0.2) is 0 Å². The lowest BCUT2D eigenvalue weighted by Crippen LogP contribution is -2.41. The van der Waals surface area contributed by atoms with E-state index in [1.807, 2.05) is 24.3 Å². The van der Waals surface area contributed by atoms with Crippen LogP contribution in [0.1, 0.15) is 13.3 Å². The fourth-order valence-electron chi connectivity index (χ4n) is 2.01. The molecular weight excluding hydrogens is 202 g/mol. The number of benzene rings is 1. The predicted molar refractivity (Wildman–Crippen MR) is 64.1 cm³/mol. The van der Waals surface area contributed by atoms with Gasteiger partial charge in [0.05, 0.1) is 7.11 Å². The Bertz CT molecular complexity index is 340. The first kappa shape index (κ1) is 11.3. The summed E-state index contributed by atoms with van der Waals surface area (Å²) in [5.74, 6) is 2.30. The third-order valence-electron chi connectivity index (χ3n) is 3.04. The number of methoxy groups -OCH3 is 1. The zero-order chi connectivity index (χ0) is 11.4. The van der Waals surface area contributed by atoms with Crippen molar-refractivity contribution >= 4 is 0 Å². The van der Waals surface area contributed by atoms with Gasteiger partial charge in [-0.3, -0.25) is 0 Å². The lowest BCUT2D eigenvalue weighted by atomic mass is 9.98. The number of rotatable bonds is 3. The maximum Gasteiger partial charge on any atom is 0.123 e. The number of hydrogen-bond acceptors (Lipinski definition) is 3. The molecule has 1 saturated heterocycles. The average molecular weight is 221 g/mol. The van der Waals surface area contributed by atoms with Gasteiger partial charge in [-0.1, -0.05) is 13.0 Å². The van der Waals surface area contributed by atoms with Gasteiger partial charge in [0.1, 0.15) is 17.6 Å². The van der Waals surface area contributed by atoms with Crippen molar-refractivity contribution in [1.29, 1.82) is 0 Å². The molecule has 1 aromatic carbocycles. The van der Waals surface area contributed by atoms with Crippen LogP contribution in [0.2, 0.25) is 0 Å². The summed E-state index contributed by atoms with van der Waals surface area (Å²) in [4.78, 5) is 0. The number of piperidine rings is 1. The van der Waals surface area contributed by atoms with Crippen molar-refractivity contribution in [3.05, 3.63) is 24.3 Å². The highest BCUT2D eigenvalue weighted by atomic mass is 16.5. The smallest absolute Gasteiger partial charge is 0.123 e. The van der Waals surface area contributed by atoms with Gasteiger partial charge in [-0.15, -0.1) is 0 Å². The molecule has 0 amide bonds. The minimum Gasteiger partial charge on any atom is -0.497 e. The summed E-state index contributed by atoms with van der Waals surface area (Å²) in [5.41, 5.74) is 0. The SMILES string of the molecule is COc1cccc(OC2CCNCC2C)c1. The van der Waals surface area contributed by atoms with Gasteiger partial charge in [0, 0.05) is 18.5 Å². The Morgan fingerprint density at radius 1 is 1.31 bits per heavy atom. The number of nitrogens with one attached hydrogen (secondary N) is 1. The fourth-order valence-corrected chi connectivity index (χ4v) is 2.01. The Morgan fingerprint density at radius 2 is 2.12 bits per heavy atom. The molecule has 16 heavy (non-hydrogen) atoms. The summed E-state index contributed by atoms with van der Waals surface area (Å²) < 4.78 is 11.2. The third kappa shape index (κ3) is 2.67. The maximum atomic E-state index is 5.99. The van der Waals surface area contributed by atoms with Crippen LogP contribution in [-0.2, 0) is 0 Å². The molecule has 88 valence electrons. The largest absolute Gasteiger partial charge is 0.497 e. The van der Waals surface area contributed by atoms with Crippen molar-refractivity contribution in [3.63, 3.8) is 0 Å². The predicted octanol–water partition coefficient (Wildman–Crippen LogP) is 2.07. The van der Waals surface area contributed by atoms with Gasteiger partial charge in [-0.2, -0.15) is 0 Å². The van der Waals surface area contributed by atoms with E-state index >= 15 is 0 Å². The molecule has 0 bridgehead atoms. The van der Waals surface area contributed by atoms with Crippen molar-refractivity contribution in [1.82, 2.24) is 5.32 Å². The minimum absolute atomic E-state index is 0.313. The van der Waals surface area contributed by atoms with Crippen molar-refractivity contribution in [2.24, 2.45) is 5.92 Å². The molecule has 0 saturated carbocycles. The van der Waals surface area contributed by atoms with Crippen molar-refractivity contribution in [2.45, 2.75) is 19.4 Å². The first-order valence-corrected chi connectivity index (χ1v) is 5.81. The zero-order valence-corrected chi connectivity index (χ0v) is 9.90. The minimum atomic E-state index is 0.313. The number of hydrogen-bond donors (Lipinski definition) is 1. The van der Waals surface area contributed by atoms with Gasteiger partial charge >= 0.3 is 0 Å². The quantitative estimate of drug-likeness (QED) is 0.847. The van der Waals surface area contributed by atoms with Crippen LogP contribution in [0.25, 0.3) is 0 Å². The number of ether oxygens (including phenoxy) is 2. The van der Waals surface area contributed by atoms with E-state index in [1.165, 1.54) is 0 Å². The second kappa shape index (κ2) is 5.21. The summed E-state index contributed by atoms with van der Waals surface area (Å²) in [7, 11) is 1.67. The van der Waals surface area contributed by atoms with Gasteiger partial charge < -0.3 is 14.8 Å². The van der Waals surface area contributed by atoms with E-state index in [0.717, 1.165) is 31.0 Å². The monoisotopic (exact) mass is 221 g/mol. The van der Waals surface area contributed by atoms with E-state index in [1.54, 1.807) is 7.11 Å². The Morgan fingerprint density at radius 3 is 2.88 bits per heavy atom. The van der Waals surface area contributed by atoms with Crippen LogP contribution >= 0.6 is 0 Å². The molecule has 3 nitrogen and oxygen atoms in total. The van der Waals surface area contributed by atoms with E-state index in [2.05, 4.69) is 12.2 Å². The van der Waals surface area contributed by atoms with Crippen LogP contribution in [0.15, 0.2) is 24.3 Å². The molecule has 1 aliphatic rings. The highest BCUT2D eigenvalue weighted by Gasteiger charge is 2.22. The molecule has 0 aliphatic carbocycles. The summed E-state index contributed by atoms with van der Waals surface area (Å²) in [6.07, 6.45) is 1.38. The molecule has 0 spiro atoms. The maximum absolute atomic E-state index is 5.99. The molecular formula is C13H19NO2. The molecule has 1 aliphatic heterocycles. The summed E-state index contributed by atoms with van der Waals surface area (Å²) in [5, 5.41) is 3.37. The van der Waals surface area contributed by atoms with Crippen molar-refractivity contribution in [3.8, 4) is 11.5 Å². The van der Waals surface area contributed by atoms with Gasteiger partial charge in [0.25, 0.3) is 0 Å². The van der Waals surface area contributed by atoms with Crippen LogP contribution in [0.5, 0.6) is 11.5 Å². The highest BCUT2D eigenvalue weighted by Crippen LogP contribution is 2.23. The van der Waals surface area contributed by atoms with Crippen LogP contribution in [0, 0.1) is 5.92 Å². The van der Waals surface area contributed by atoms with E-state index in [-0.39, 0.29) is 0 Å². The van der Waals surface area contributed by atoms with Crippen LogP contribution < -0.4 is 14.8 Å². The molecule has 2 unspecified atom stereocenters. The summed E-state index contributed by atoms with van der Waals surface area (Å²) in [6.45, 7) is 4.30. The molecule has 1 fully saturated rings. The second-order valence-corrected chi connectivity index (χ2v) is 4.31. The third-order valence-corrected chi connectivity index (χ3v) is 3.04. The van der Waals surface area contributed by atoms with Crippen molar-refractivity contribution < 1.29 is 9.47 Å². The first-order valence-electron chi connectivity index (χ1n) is 5.81. The molecule has 1 heterocycles. The highest BCUT2D eigenvalue weighted by molar-refractivity contribution is 5.33. The van der Waals surface area contributed by atoms with Gasteiger partial charge in [0.2, 0.25) is 0 Å². The Hall–Kier alpha value is -1.22. The van der Waals surface area contributed by atoms with E-state index in [0.29, 0.717) is 12.0 Å². The average Bonchev–Trinajstić information content (AvgIpc) is 2.32. The van der Waals surface area contributed by atoms with Crippen LogP contribution in [0.3, 0.4) is 0 Å². The summed E-state index contributed by atoms with van der Waals surface area (Å²) in [6, 6.07) is 7.81. The molecule has 2 rings (SSSR count). The second-order valence-electron chi connectivity index (χ2n) is 4.31. The lowest BCUT2D eigenvalue weighted by molar-refractivity contribution is 0.111. The molecule has 0 radical (unpaired) electrons. The van der Waals surface area contributed by atoms with Gasteiger partial charge in [-0.05, 0) is 25.1 Å². The molecule has 2 atom stereocenters.